The van der Waals surface area contributed by atoms with Gasteiger partial charge in [0.15, 0.2) is 17.3 Å². The number of hydrogen-bond donors (Lipinski definition) is 2. The molecule has 1 aromatic rings. The van der Waals surface area contributed by atoms with E-state index in [9.17, 15) is 9.90 Å². The summed E-state index contributed by atoms with van der Waals surface area (Å²) in [6, 6.07) is 2.23. The van der Waals surface area contributed by atoms with Gasteiger partial charge in [-0.2, -0.15) is 0 Å². The van der Waals surface area contributed by atoms with Gasteiger partial charge in [0.05, 0.1) is 20.3 Å². The zero-order valence-electron chi connectivity index (χ0n) is 13.4. The Morgan fingerprint density at radius 3 is 2.87 bits per heavy atom. The van der Waals surface area contributed by atoms with Gasteiger partial charge in [0.2, 0.25) is 0 Å². The molecule has 4 rings (SSSR count). The van der Waals surface area contributed by atoms with E-state index in [1.54, 1.807) is 20.3 Å². The molecule has 122 valence electrons. The number of benzene rings is 1. The quantitative estimate of drug-likeness (QED) is 0.864. The molecule has 1 aromatic carbocycles. The molecule has 5 heteroatoms. The lowest BCUT2D eigenvalue weighted by Crippen LogP contribution is -2.41. The molecule has 2 aliphatic carbocycles. The summed E-state index contributed by atoms with van der Waals surface area (Å²) in [5.41, 5.74) is 2.87. The molecule has 1 spiro atoms. The lowest BCUT2D eigenvalue weighted by Gasteiger charge is -2.35. The first-order chi connectivity index (χ1) is 11.1. The Morgan fingerprint density at radius 2 is 2.17 bits per heavy atom. The van der Waals surface area contributed by atoms with Crippen LogP contribution in [0.3, 0.4) is 0 Å². The first kappa shape index (κ1) is 14.7. The van der Waals surface area contributed by atoms with Crippen molar-refractivity contribution in [3.8, 4) is 11.5 Å². The highest BCUT2D eigenvalue weighted by molar-refractivity contribution is 5.92. The Labute approximate surface area is 135 Å². The lowest BCUT2D eigenvalue weighted by atomic mass is 9.71. The van der Waals surface area contributed by atoms with Gasteiger partial charge in [0, 0.05) is 23.4 Å². The second-order valence-corrected chi connectivity index (χ2v) is 6.58. The zero-order valence-corrected chi connectivity index (χ0v) is 13.4. The van der Waals surface area contributed by atoms with Gasteiger partial charge in [0.25, 0.3) is 0 Å². The second kappa shape index (κ2) is 5.08. The average Bonchev–Trinajstić information content (AvgIpc) is 2.89. The number of fused-ring (bicyclic) bond motifs is 1. The molecule has 5 nitrogen and oxygen atoms in total. The maximum atomic E-state index is 11.7. The summed E-state index contributed by atoms with van der Waals surface area (Å²) in [6.45, 7) is 0.904. The fourth-order valence-corrected chi connectivity index (χ4v) is 4.47. The topological polar surface area (TPSA) is 67.8 Å². The molecule has 3 unspecified atom stereocenters. The van der Waals surface area contributed by atoms with Crippen molar-refractivity contribution in [1.29, 1.82) is 0 Å². The Morgan fingerprint density at radius 1 is 1.35 bits per heavy atom. The van der Waals surface area contributed by atoms with Gasteiger partial charge in [-0.3, -0.25) is 4.79 Å². The predicted molar refractivity (Wildman–Crippen MR) is 85.1 cm³/mol. The number of aliphatic hydroxyl groups excluding tert-OH is 1. The summed E-state index contributed by atoms with van der Waals surface area (Å²) in [5.74, 6) is 1.34. The minimum atomic E-state index is -0.738. The molecule has 1 heterocycles. The van der Waals surface area contributed by atoms with Crippen LogP contribution in [0.15, 0.2) is 18.2 Å². The Hall–Kier alpha value is -1.85. The van der Waals surface area contributed by atoms with E-state index in [4.69, 9.17) is 9.47 Å². The van der Waals surface area contributed by atoms with Crippen molar-refractivity contribution in [2.75, 3.05) is 20.8 Å². The first-order valence-electron chi connectivity index (χ1n) is 8.02. The number of methoxy groups -OCH3 is 2. The van der Waals surface area contributed by atoms with E-state index in [2.05, 4.69) is 11.4 Å². The maximum absolute atomic E-state index is 11.7. The molecular formula is C18H21NO4. The van der Waals surface area contributed by atoms with E-state index in [1.807, 2.05) is 6.08 Å². The zero-order chi connectivity index (χ0) is 16.2. The molecule has 0 radical (unpaired) electrons. The van der Waals surface area contributed by atoms with Crippen molar-refractivity contribution in [2.45, 2.75) is 36.8 Å². The van der Waals surface area contributed by atoms with Crippen LogP contribution in [-0.4, -0.2) is 37.8 Å². The summed E-state index contributed by atoms with van der Waals surface area (Å²) in [5, 5.41) is 14.3. The summed E-state index contributed by atoms with van der Waals surface area (Å²) >= 11 is 0. The molecule has 0 saturated heterocycles. The van der Waals surface area contributed by atoms with E-state index < -0.39 is 11.5 Å². The standard InChI is InChI=1S/C18H21NO4/c1-22-13-7-10-4-6-19-12-9-18(5-3-11(20)8-14(18)21)16(15(10)12)17(13)23-2/h3,5,7,12,14,19,21H,4,6,8-9H2,1-2H3. The van der Waals surface area contributed by atoms with Crippen LogP contribution in [0.5, 0.6) is 11.5 Å². The fraction of sp³-hybridized carbons (Fsp3) is 0.500. The fourth-order valence-electron chi connectivity index (χ4n) is 4.47. The number of rotatable bonds is 2. The molecule has 3 atom stereocenters. The normalized spacial score (nSPS) is 31.3. The number of ketones is 1. The molecule has 1 aliphatic heterocycles. The highest BCUT2D eigenvalue weighted by Crippen LogP contribution is 2.57. The number of allylic oxidation sites excluding steroid dienone is 1. The maximum Gasteiger partial charge on any atom is 0.165 e. The summed E-state index contributed by atoms with van der Waals surface area (Å²) in [7, 11) is 3.26. The van der Waals surface area contributed by atoms with Crippen molar-refractivity contribution < 1.29 is 19.4 Å². The molecule has 0 saturated carbocycles. The van der Waals surface area contributed by atoms with Crippen LogP contribution in [-0.2, 0) is 16.6 Å². The van der Waals surface area contributed by atoms with Crippen LogP contribution in [0.25, 0.3) is 0 Å². The van der Waals surface area contributed by atoms with Crippen LogP contribution >= 0.6 is 0 Å². The van der Waals surface area contributed by atoms with Crippen LogP contribution in [0.1, 0.15) is 35.6 Å². The smallest absolute Gasteiger partial charge is 0.165 e. The lowest BCUT2D eigenvalue weighted by molar-refractivity contribution is -0.118. The summed E-state index contributed by atoms with van der Waals surface area (Å²) < 4.78 is 11.2. The highest BCUT2D eigenvalue weighted by atomic mass is 16.5. The number of hydrogen-bond acceptors (Lipinski definition) is 5. The van der Waals surface area contributed by atoms with Gasteiger partial charge in [-0.15, -0.1) is 0 Å². The number of carbonyl (C=O) groups is 1. The minimum Gasteiger partial charge on any atom is -0.493 e. The van der Waals surface area contributed by atoms with E-state index in [-0.39, 0.29) is 18.2 Å². The van der Waals surface area contributed by atoms with E-state index in [0.29, 0.717) is 11.5 Å². The van der Waals surface area contributed by atoms with Crippen molar-refractivity contribution in [1.82, 2.24) is 5.32 Å². The van der Waals surface area contributed by atoms with Crippen LogP contribution in [0, 0.1) is 0 Å². The van der Waals surface area contributed by atoms with Crippen LogP contribution in [0.2, 0.25) is 0 Å². The molecule has 0 bridgehead atoms. The van der Waals surface area contributed by atoms with Crippen molar-refractivity contribution in [3.63, 3.8) is 0 Å². The first-order valence-corrected chi connectivity index (χ1v) is 8.02. The average molecular weight is 315 g/mol. The summed E-state index contributed by atoms with van der Waals surface area (Å²) in [6.07, 6.45) is 4.56. The van der Waals surface area contributed by atoms with E-state index in [0.717, 1.165) is 24.9 Å². The van der Waals surface area contributed by atoms with E-state index >= 15 is 0 Å². The molecular weight excluding hydrogens is 294 g/mol. The minimum absolute atomic E-state index is 0.0296. The Balaban J connectivity index is 2.02. The highest BCUT2D eigenvalue weighted by Gasteiger charge is 2.52. The molecule has 0 amide bonds. The van der Waals surface area contributed by atoms with Crippen molar-refractivity contribution in [3.05, 3.63) is 34.9 Å². The number of ether oxygens (including phenoxy) is 2. The Bertz CT molecular complexity index is 711. The van der Waals surface area contributed by atoms with E-state index in [1.165, 1.54) is 11.1 Å². The van der Waals surface area contributed by atoms with Gasteiger partial charge in [-0.05, 0) is 42.7 Å². The number of nitrogens with one attached hydrogen (secondary N) is 1. The SMILES string of the molecule is COc1cc2c3c(c1OC)C1(C=CC(=O)CC1O)CC3NCC2. The van der Waals surface area contributed by atoms with Gasteiger partial charge in [0.1, 0.15) is 0 Å². The van der Waals surface area contributed by atoms with Crippen molar-refractivity contribution in [2.24, 2.45) is 0 Å². The van der Waals surface area contributed by atoms with Gasteiger partial charge in [-0.25, -0.2) is 0 Å². The van der Waals surface area contributed by atoms with Crippen molar-refractivity contribution >= 4 is 5.78 Å². The van der Waals surface area contributed by atoms with Gasteiger partial charge < -0.3 is 19.9 Å². The second-order valence-electron chi connectivity index (χ2n) is 6.58. The van der Waals surface area contributed by atoms with Crippen LogP contribution < -0.4 is 14.8 Å². The number of carbonyl (C=O) groups excluding carboxylic acids is 1. The third-order valence-corrected chi connectivity index (χ3v) is 5.49. The molecule has 0 fully saturated rings. The molecule has 3 aliphatic rings. The van der Waals surface area contributed by atoms with Gasteiger partial charge in [-0.1, -0.05) is 6.08 Å². The largest absolute Gasteiger partial charge is 0.493 e. The molecule has 23 heavy (non-hydrogen) atoms. The Kier molecular flexibility index (Phi) is 3.25. The predicted octanol–water partition coefficient (Wildman–Crippen LogP) is 1.42. The van der Waals surface area contributed by atoms with Crippen LogP contribution in [0.4, 0.5) is 0 Å². The third-order valence-electron chi connectivity index (χ3n) is 5.49. The monoisotopic (exact) mass is 315 g/mol. The number of aliphatic hydroxyl groups is 1. The molecule has 0 aromatic heterocycles. The molecule has 2 N–H and O–H groups in total. The van der Waals surface area contributed by atoms with Gasteiger partial charge >= 0.3 is 0 Å². The third kappa shape index (κ3) is 1.90. The summed E-state index contributed by atoms with van der Waals surface area (Å²) in [4.78, 5) is 11.7.